The van der Waals surface area contributed by atoms with E-state index in [1.165, 1.54) is 0 Å². The maximum atomic E-state index is 12.6. The predicted molar refractivity (Wildman–Crippen MR) is 81.4 cm³/mol. The predicted octanol–water partition coefficient (Wildman–Crippen LogP) is 2.19. The number of rotatable bonds is 2. The number of hydrogen-bond donors (Lipinski definition) is 1. The Morgan fingerprint density at radius 1 is 1.33 bits per heavy atom. The van der Waals surface area contributed by atoms with Crippen LogP contribution in [0.1, 0.15) is 34.9 Å². The Kier molecular flexibility index (Phi) is 3.83. The fraction of sp³-hybridized carbons (Fsp3) is 0.286. The lowest BCUT2D eigenvalue weighted by molar-refractivity contribution is 0.0732. The van der Waals surface area contributed by atoms with Crippen molar-refractivity contribution in [2.45, 2.75) is 18.9 Å². The molecule has 2 aromatic rings. The zero-order valence-corrected chi connectivity index (χ0v) is 12.8. The Labute approximate surface area is 130 Å². The second-order valence-electron chi connectivity index (χ2n) is 4.93. The average molecular weight is 348 g/mol. The molecule has 0 saturated carbocycles. The van der Waals surface area contributed by atoms with Gasteiger partial charge in [0.05, 0.1) is 17.3 Å². The Morgan fingerprint density at radius 3 is 2.90 bits per heavy atom. The summed E-state index contributed by atoms with van der Waals surface area (Å²) in [5, 5.41) is 7.98. The van der Waals surface area contributed by atoms with Crippen LogP contribution in [0.25, 0.3) is 0 Å². The van der Waals surface area contributed by atoms with Crippen molar-refractivity contribution in [1.82, 2.24) is 20.1 Å². The third kappa shape index (κ3) is 2.87. The van der Waals surface area contributed by atoms with Crippen LogP contribution in [0.15, 0.2) is 35.1 Å². The molecule has 3 rings (SSSR count). The molecule has 1 amide bonds. The lowest BCUT2D eigenvalue weighted by Gasteiger charge is -2.24. The summed E-state index contributed by atoms with van der Waals surface area (Å²) < 4.78 is 0.788. The third-order valence-electron chi connectivity index (χ3n) is 3.51. The van der Waals surface area contributed by atoms with Crippen LogP contribution in [0.5, 0.6) is 0 Å². The first kappa shape index (κ1) is 13.9. The molecule has 1 saturated heterocycles. The first-order valence-electron chi connectivity index (χ1n) is 6.66. The van der Waals surface area contributed by atoms with Gasteiger partial charge in [0.2, 0.25) is 0 Å². The van der Waals surface area contributed by atoms with Crippen LogP contribution in [-0.4, -0.2) is 32.5 Å². The molecular weight excluding hydrogens is 334 g/mol. The Balaban J connectivity index is 1.87. The van der Waals surface area contributed by atoms with E-state index in [-0.39, 0.29) is 11.9 Å². The van der Waals surface area contributed by atoms with Crippen molar-refractivity contribution < 1.29 is 4.79 Å². The number of aromatic nitrogens is 3. The molecule has 1 aliphatic rings. The highest BCUT2D eigenvalue weighted by molar-refractivity contribution is 9.10. The summed E-state index contributed by atoms with van der Waals surface area (Å²) in [6, 6.07) is 5.27. The number of nitrogen functional groups attached to an aromatic ring is 1. The standard InChI is InChI=1S/C14H14BrN5O/c15-10-6-9(7-17-8-10)14(21)20-5-1-2-12(20)11-3-4-13(16)19-18-11/h3-4,6-8,12H,1-2,5H2,(H2,16,19). The molecule has 0 spiro atoms. The van der Waals surface area contributed by atoms with Crippen LogP contribution in [-0.2, 0) is 0 Å². The van der Waals surface area contributed by atoms with Gasteiger partial charge in [0, 0.05) is 23.4 Å². The monoisotopic (exact) mass is 347 g/mol. The maximum absolute atomic E-state index is 12.6. The zero-order valence-electron chi connectivity index (χ0n) is 11.2. The molecule has 2 N–H and O–H groups in total. The van der Waals surface area contributed by atoms with E-state index >= 15 is 0 Å². The largest absolute Gasteiger partial charge is 0.382 e. The number of nitrogens with two attached hydrogens (primary N) is 1. The highest BCUT2D eigenvalue weighted by atomic mass is 79.9. The van der Waals surface area contributed by atoms with Gasteiger partial charge < -0.3 is 10.6 Å². The number of pyridine rings is 1. The van der Waals surface area contributed by atoms with Gasteiger partial charge in [-0.2, -0.15) is 5.10 Å². The van der Waals surface area contributed by atoms with Crippen LogP contribution >= 0.6 is 15.9 Å². The van der Waals surface area contributed by atoms with Gasteiger partial charge in [-0.3, -0.25) is 9.78 Å². The molecule has 0 aliphatic carbocycles. The van der Waals surface area contributed by atoms with Crippen molar-refractivity contribution in [2.75, 3.05) is 12.3 Å². The number of likely N-dealkylation sites (tertiary alicyclic amines) is 1. The summed E-state index contributed by atoms with van der Waals surface area (Å²) in [7, 11) is 0. The average Bonchev–Trinajstić information content (AvgIpc) is 2.96. The van der Waals surface area contributed by atoms with Crippen molar-refractivity contribution in [3.8, 4) is 0 Å². The minimum atomic E-state index is -0.0513. The van der Waals surface area contributed by atoms with Crippen molar-refractivity contribution in [1.29, 1.82) is 0 Å². The molecule has 0 radical (unpaired) electrons. The number of carbonyl (C=O) groups excluding carboxylic acids is 1. The van der Waals surface area contributed by atoms with Gasteiger partial charge >= 0.3 is 0 Å². The van der Waals surface area contributed by atoms with Gasteiger partial charge in [0.25, 0.3) is 5.91 Å². The van der Waals surface area contributed by atoms with Crippen molar-refractivity contribution in [2.24, 2.45) is 0 Å². The zero-order chi connectivity index (χ0) is 14.8. The lowest BCUT2D eigenvalue weighted by Crippen LogP contribution is -2.31. The number of hydrogen-bond acceptors (Lipinski definition) is 5. The Bertz CT molecular complexity index is 661. The number of halogens is 1. The minimum Gasteiger partial charge on any atom is -0.382 e. The fourth-order valence-corrected chi connectivity index (χ4v) is 2.91. The molecule has 1 aliphatic heterocycles. The molecule has 1 fully saturated rings. The highest BCUT2D eigenvalue weighted by Crippen LogP contribution is 2.32. The number of anilines is 1. The Morgan fingerprint density at radius 2 is 2.19 bits per heavy atom. The molecule has 1 unspecified atom stereocenters. The van der Waals surface area contributed by atoms with E-state index in [1.807, 2.05) is 11.0 Å². The molecule has 3 heterocycles. The van der Waals surface area contributed by atoms with E-state index in [0.29, 0.717) is 17.9 Å². The SMILES string of the molecule is Nc1ccc(C2CCCN2C(=O)c2cncc(Br)c2)nn1. The van der Waals surface area contributed by atoms with Crippen LogP contribution in [0, 0.1) is 0 Å². The molecular formula is C14H14BrN5O. The molecule has 0 aromatic carbocycles. The van der Waals surface area contributed by atoms with Gasteiger partial charge in [-0.15, -0.1) is 5.10 Å². The van der Waals surface area contributed by atoms with Crippen molar-refractivity contribution in [3.05, 3.63) is 46.3 Å². The minimum absolute atomic E-state index is 0.0371. The topological polar surface area (TPSA) is 85.0 Å². The molecule has 2 aromatic heterocycles. The molecule has 6 nitrogen and oxygen atoms in total. The van der Waals surface area contributed by atoms with Crippen LogP contribution in [0.2, 0.25) is 0 Å². The lowest BCUT2D eigenvalue weighted by atomic mass is 10.1. The molecule has 21 heavy (non-hydrogen) atoms. The third-order valence-corrected chi connectivity index (χ3v) is 3.95. The molecule has 108 valence electrons. The highest BCUT2D eigenvalue weighted by Gasteiger charge is 2.31. The van der Waals surface area contributed by atoms with Gasteiger partial charge in [0.15, 0.2) is 0 Å². The van der Waals surface area contributed by atoms with E-state index in [1.54, 1.807) is 24.5 Å². The number of amides is 1. The van der Waals surface area contributed by atoms with E-state index in [4.69, 9.17) is 5.73 Å². The summed E-state index contributed by atoms with van der Waals surface area (Å²) in [5.41, 5.74) is 6.90. The smallest absolute Gasteiger partial charge is 0.256 e. The first-order chi connectivity index (χ1) is 10.1. The fourth-order valence-electron chi connectivity index (χ4n) is 2.54. The van der Waals surface area contributed by atoms with Gasteiger partial charge in [-0.25, -0.2) is 0 Å². The van der Waals surface area contributed by atoms with Gasteiger partial charge in [-0.1, -0.05) is 0 Å². The number of nitrogens with zero attached hydrogens (tertiary/aromatic N) is 4. The normalized spacial score (nSPS) is 18.0. The summed E-state index contributed by atoms with van der Waals surface area (Å²) in [6.45, 7) is 0.710. The van der Waals surface area contributed by atoms with E-state index in [0.717, 1.165) is 23.0 Å². The Hall–Kier alpha value is -2.02. The summed E-state index contributed by atoms with van der Waals surface area (Å²) >= 11 is 3.34. The van der Waals surface area contributed by atoms with Crippen molar-refractivity contribution >= 4 is 27.7 Å². The van der Waals surface area contributed by atoms with Crippen molar-refractivity contribution in [3.63, 3.8) is 0 Å². The van der Waals surface area contributed by atoms with Crippen LogP contribution < -0.4 is 5.73 Å². The second-order valence-corrected chi connectivity index (χ2v) is 5.85. The molecule has 7 heteroatoms. The first-order valence-corrected chi connectivity index (χ1v) is 7.45. The summed E-state index contributed by atoms with van der Waals surface area (Å²) in [5.74, 6) is 0.343. The van der Waals surface area contributed by atoms with Crippen LogP contribution in [0.3, 0.4) is 0 Å². The summed E-state index contributed by atoms with van der Waals surface area (Å²) in [6.07, 6.45) is 5.07. The van der Waals surface area contributed by atoms with Gasteiger partial charge in [-0.05, 0) is 47.0 Å². The molecule has 0 bridgehead atoms. The second kappa shape index (κ2) is 5.77. The van der Waals surface area contributed by atoms with E-state index in [9.17, 15) is 4.79 Å². The summed E-state index contributed by atoms with van der Waals surface area (Å²) in [4.78, 5) is 18.5. The van der Waals surface area contributed by atoms with E-state index < -0.39 is 0 Å². The quantitative estimate of drug-likeness (QED) is 0.899. The maximum Gasteiger partial charge on any atom is 0.256 e. The van der Waals surface area contributed by atoms with Crippen LogP contribution in [0.4, 0.5) is 5.82 Å². The molecule has 1 atom stereocenters. The van der Waals surface area contributed by atoms with E-state index in [2.05, 4.69) is 31.1 Å². The number of carbonyl (C=O) groups is 1. The van der Waals surface area contributed by atoms with Gasteiger partial charge in [0.1, 0.15) is 5.82 Å².